The molecule has 1 aromatic heterocycles. The Kier molecular flexibility index (Phi) is 13.1. The number of nitrogens with two attached hydrogens (primary N) is 1. The molecule has 4 heterocycles. The zero-order valence-electron chi connectivity index (χ0n) is 31.9. The van der Waals surface area contributed by atoms with Gasteiger partial charge in [-0.2, -0.15) is 0 Å². The number of unbranched alkanes of at least 4 members (excludes halogenated alkanes) is 1. The van der Waals surface area contributed by atoms with Crippen LogP contribution >= 0.6 is 11.6 Å². The highest BCUT2D eigenvalue weighted by molar-refractivity contribution is 6.35. The number of amides is 2. The maximum absolute atomic E-state index is 14.8. The summed E-state index contributed by atoms with van der Waals surface area (Å²) in [6.45, 7) is 7.78. The first kappa shape index (κ1) is 38.6. The second-order valence-electron chi connectivity index (χ2n) is 15.9. The average molecular weight is 759 g/mol. The number of aromatic nitrogens is 1. The molecule has 3 aliphatic heterocycles. The van der Waals surface area contributed by atoms with Gasteiger partial charge in [0.2, 0.25) is 11.8 Å². The second kappa shape index (κ2) is 18.3. The Hall–Kier alpha value is -3.64. The minimum Gasteiger partial charge on any atom is -0.455 e. The van der Waals surface area contributed by atoms with Gasteiger partial charge in [0.1, 0.15) is 12.1 Å². The van der Waals surface area contributed by atoms with E-state index in [0.29, 0.717) is 43.1 Å². The number of ether oxygens (including phenoxy) is 1. The predicted octanol–water partition coefficient (Wildman–Crippen LogP) is 5.60. The molecule has 0 spiro atoms. The molecular formula is C42H59ClN8O3. The van der Waals surface area contributed by atoms with Gasteiger partial charge in [0.25, 0.3) is 6.02 Å². The number of aromatic amines is 1. The number of hydrogen-bond acceptors (Lipinski definition) is 8. The molecule has 0 unspecified atom stereocenters. The van der Waals surface area contributed by atoms with E-state index in [1.807, 2.05) is 46.2 Å². The molecule has 0 radical (unpaired) electrons. The van der Waals surface area contributed by atoms with E-state index in [4.69, 9.17) is 27.1 Å². The number of piperidine rings is 1. The maximum Gasteiger partial charge on any atom is 0.288 e. The number of carbonyl (C=O) groups is 2. The molecule has 2 amide bonds. The molecule has 1 saturated carbocycles. The van der Waals surface area contributed by atoms with Crippen LogP contribution < -0.4 is 16.4 Å². The summed E-state index contributed by atoms with van der Waals surface area (Å²) in [5.74, 6) is 0.382. The van der Waals surface area contributed by atoms with Crippen LogP contribution in [0.25, 0.3) is 10.9 Å². The summed E-state index contributed by atoms with van der Waals surface area (Å²) in [5, 5.41) is 8.54. The number of nitrogens with one attached hydrogen (secondary N) is 3. The van der Waals surface area contributed by atoms with Gasteiger partial charge in [-0.1, -0.05) is 60.8 Å². The lowest BCUT2D eigenvalue weighted by molar-refractivity contribution is -0.145. The zero-order valence-corrected chi connectivity index (χ0v) is 32.6. The van der Waals surface area contributed by atoms with Gasteiger partial charge in [-0.3, -0.25) is 9.59 Å². The van der Waals surface area contributed by atoms with Crippen LogP contribution in [0.15, 0.2) is 59.7 Å². The van der Waals surface area contributed by atoms with Crippen LogP contribution in [0.1, 0.15) is 88.4 Å². The molecule has 5 N–H and O–H groups in total. The van der Waals surface area contributed by atoms with Gasteiger partial charge in [-0.15, -0.1) is 0 Å². The molecule has 3 fully saturated rings. The third kappa shape index (κ3) is 9.41. The van der Waals surface area contributed by atoms with Crippen molar-refractivity contribution in [1.29, 1.82) is 0 Å². The van der Waals surface area contributed by atoms with Crippen molar-refractivity contribution in [3.05, 3.63) is 70.9 Å². The SMILES string of the molecule is C[C@@H]1N=C(N2CCN(C(=O)[C@@H](CCCCN3CCCCC3)NC3CCC(CN)CC3)[C@H](C(=O)NCc3ccc4[nH]cc(Cl)c4c3)C2)O[C@H]1c1ccccc1. The predicted molar refractivity (Wildman–Crippen MR) is 215 cm³/mol. The first-order chi connectivity index (χ1) is 26.4. The van der Waals surface area contributed by atoms with Crippen molar-refractivity contribution in [1.82, 2.24) is 30.3 Å². The van der Waals surface area contributed by atoms with E-state index in [-0.39, 0.29) is 36.0 Å². The van der Waals surface area contributed by atoms with Crippen LogP contribution in [0.2, 0.25) is 5.02 Å². The lowest BCUT2D eigenvalue weighted by atomic mass is 9.85. The van der Waals surface area contributed by atoms with Crippen molar-refractivity contribution in [2.24, 2.45) is 16.6 Å². The van der Waals surface area contributed by atoms with E-state index < -0.39 is 6.04 Å². The molecule has 12 heteroatoms. The van der Waals surface area contributed by atoms with Crippen molar-refractivity contribution in [2.75, 3.05) is 45.8 Å². The Labute approximate surface area is 325 Å². The molecule has 292 valence electrons. The summed E-state index contributed by atoms with van der Waals surface area (Å²) in [5.41, 5.74) is 8.97. The molecular weight excluding hydrogens is 700 g/mol. The molecule has 2 saturated heterocycles. The minimum atomic E-state index is -0.714. The Balaban J connectivity index is 1.07. The first-order valence-electron chi connectivity index (χ1n) is 20.4. The number of halogens is 1. The third-order valence-electron chi connectivity index (χ3n) is 12.1. The van der Waals surface area contributed by atoms with Crippen LogP contribution in [0, 0.1) is 5.92 Å². The highest BCUT2D eigenvalue weighted by atomic mass is 35.5. The Morgan fingerprint density at radius 2 is 1.81 bits per heavy atom. The lowest BCUT2D eigenvalue weighted by Crippen LogP contribution is -2.64. The number of rotatable bonds is 13. The number of benzene rings is 2. The van der Waals surface area contributed by atoms with Gasteiger partial charge in [-0.05, 0) is 114 Å². The average Bonchev–Trinajstić information content (AvgIpc) is 3.80. The fraction of sp³-hybridized carbons (Fsp3) is 0.595. The highest BCUT2D eigenvalue weighted by Crippen LogP contribution is 2.31. The monoisotopic (exact) mass is 758 g/mol. The standard InChI is InChI=1S/C42H59ClN8O3/c1-29-39(32-10-4-2-5-11-32)54-42(47-29)50-22-23-51(38(28-50)40(52)46-26-31-15-18-36-34(24-31)35(43)27-45-36)41(53)37(48-33-16-13-30(25-44)14-17-33)12-6-9-21-49-19-7-3-8-20-49/h2,4-5,10-11,15,18,24,27,29-30,33,37-39,45,48H,3,6-9,12-14,16-17,19-23,25-26,28,44H2,1H3,(H,46,52)/t29-,30?,33?,37+,38-,39+/m0/s1. The zero-order chi connectivity index (χ0) is 37.4. The van der Waals surface area contributed by atoms with Gasteiger partial charge >= 0.3 is 0 Å². The summed E-state index contributed by atoms with van der Waals surface area (Å²) in [4.78, 5) is 43.7. The number of H-pyrrole nitrogens is 1. The lowest BCUT2D eigenvalue weighted by Gasteiger charge is -2.42. The smallest absolute Gasteiger partial charge is 0.288 e. The minimum absolute atomic E-state index is 0.0130. The van der Waals surface area contributed by atoms with Crippen LogP contribution in [-0.4, -0.2) is 108 Å². The fourth-order valence-corrected chi connectivity index (χ4v) is 9.03. The van der Waals surface area contributed by atoms with Gasteiger partial charge in [0.05, 0.1) is 23.7 Å². The van der Waals surface area contributed by atoms with Crippen molar-refractivity contribution in [2.45, 2.75) is 108 Å². The second-order valence-corrected chi connectivity index (χ2v) is 16.3. The van der Waals surface area contributed by atoms with Crippen LogP contribution in [0.3, 0.4) is 0 Å². The fourth-order valence-electron chi connectivity index (χ4n) is 8.82. The van der Waals surface area contributed by atoms with Crippen LogP contribution in [-0.2, 0) is 20.9 Å². The molecule has 11 nitrogen and oxygen atoms in total. The van der Waals surface area contributed by atoms with Gasteiger partial charge in [0.15, 0.2) is 0 Å². The number of carbonyl (C=O) groups excluding carboxylic acids is 2. The van der Waals surface area contributed by atoms with Crippen molar-refractivity contribution < 1.29 is 14.3 Å². The number of amidine groups is 1. The Morgan fingerprint density at radius 3 is 2.59 bits per heavy atom. The molecule has 2 aromatic carbocycles. The number of aliphatic imine (C=N–C) groups is 1. The highest BCUT2D eigenvalue weighted by Gasteiger charge is 2.42. The topological polar surface area (TPSA) is 131 Å². The number of piperazine rings is 1. The Morgan fingerprint density at radius 1 is 1.02 bits per heavy atom. The molecule has 0 bridgehead atoms. The molecule has 7 rings (SSSR count). The molecule has 1 aliphatic carbocycles. The van der Waals surface area contributed by atoms with Crippen molar-refractivity contribution in [3.8, 4) is 0 Å². The number of hydrogen-bond donors (Lipinski definition) is 4. The van der Waals surface area contributed by atoms with Crippen molar-refractivity contribution >= 4 is 40.3 Å². The third-order valence-corrected chi connectivity index (χ3v) is 12.4. The van der Waals surface area contributed by atoms with Gasteiger partial charge in [-0.25, -0.2) is 4.99 Å². The molecule has 4 atom stereocenters. The summed E-state index contributed by atoms with van der Waals surface area (Å²) in [6.07, 6.45) is 12.4. The van der Waals surface area contributed by atoms with E-state index in [1.54, 1.807) is 6.20 Å². The quantitative estimate of drug-likeness (QED) is 0.167. The number of fused-ring (bicyclic) bond motifs is 1. The maximum atomic E-state index is 14.8. The molecule has 3 aromatic rings. The van der Waals surface area contributed by atoms with Gasteiger partial charge in [0, 0.05) is 42.8 Å². The number of likely N-dealkylation sites (tertiary alicyclic amines) is 1. The largest absolute Gasteiger partial charge is 0.455 e. The number of nitrogens with zero attached hydrogens (tertiary/aromatic N) is 4. The van der Waals surface area contributed by atoms with E-state index >= 15 is 0 Å². The summed E-state index contributed by atoms with van der Waals surface area (Å²) in [6, 6.07) is 15.8. The van der Waals surface area contributed by atoms with E-state index in [2.05, 4.69) is 39.6 Å². The summed E-state index contributed by atoms with van der Waals surface area (Å²) >= 11 is 6.41. The van der Waals surface area contributed by atoms with Gasteiger partial charge < -0.3 is 40.8 Å². The molecule has 54 heavy (non-hydrogen) atoms. The summed E-state index contributed by atoms with van der Waals surface area (Å²) < 4.78 is 6.48. The van der Waals surface area contributed by atoms with E-state index in [1.165, 1.54) is 32.4 Å². The first-order valence-corrected chi connectivity index (χ1v) is 20.8. The summed E-state index contributed by atoms with van der Waals surface area (Å²) in [7, 11) is 0. The normalized spacial score (nSPS) is 25.7. The van der Waals surface area contributed by atoms with Crippen LogP contribution in [0.5, 0.6) is 0 Å². The van der Waals surface area contributed by atoms with Crippen molar-refractivity contribution in [3.63, 3.8) is 0 Å². The Bertz CT molecular complexity index is 1720. The van der Waals surface area contributed by atoms with E-state index in [9.17, 15) is 9.59 Å². The van der Waals surface area contributed by atoms with E-state index in [0.717, 1.165) is 80.1 Å². The molecule has 4 aliphatic rings. The van der Waals surface area contributed by atoms with Crippen LogP contribution in [0.4, 0.5) is 0 Å².